The number of aromatic amines is 1. The predicted molar refractivity (Wildman–Crippen MR) is 74.0 cm³/mol. The van der Waals surface area contributed by atoms with E-state index in [2.05, 4.69) is 15.3 Å². The summed E-state index contributed by atoms with van der Waals surface area (Å²) in [4.78, 5) is 30.4. The topological polar surface area (TPSA) is 74.8 Å². The first kappa shape index (κ1) is 13.3. The fourth-order valence-corrected chi connectivity index (χ4v) is 1.84. The van der Waals surface area contributed by atoms with E-state index < -0.39 is 0 Å². The molecule has 0 aliphatic heterocycles. The molecule has 0 spiro atoms. The van der Waals surface area contributed by atoms with Crippen LogP contribution in [-0.2, 0) is 11.2 Å². The lowest BCUT2D eigenvalue weighted by molar-refractivity contribution is -0.121. The second-order valence-corrected chi connectivity index (χ2v) is 4.38. The maximum absolute atomic E-state index is 11.8. The van der Waals surface area contributed by atoms with Crippen LogP contribution in [0, 0.1) is 0 Å². The van der Waals surface area contributed by atoms with Gasteiger partial charge in [-0.2, -0.15) is 0 Å². The molecule has 5 nitrogen and oxygen atoms in total. The molecule has 1 aromatic heterocycles. The minimum atomic E-state index is -0.158. The van der Waals surface area contributed by atoms with Crippen molar-refractivity contribution in [2.24, 2.45) is 0 Å². The second kappa shape index (κ2) is 6.13. The summed E-state index contributed by atoms with van der Waals surface area (Å²) in [5.41, 5.74) is 0.504. The molecule has 5 heteroatoms. The zero-order valence-corrected chi connectivity index (χ0v) is 10.9. The highest BCUT2D eigenvalue weighted by atomic mass is 16.1. The average Bonchev–Trinajstić information content (AvgIpc) is 2.43. The molecule has 0 saturated carbocycles. The number of carbonyl (C=O) groups excluding carboxylic acids is 1. The van der Waals surface area contributed by atoms with Crippen molar-refractivity contribution in [2.45, 2.75) is 26.2 Å². The third-order valence-corrected chi connectivity index (χ3v) is 2.82. The van der Waals surface area contributed by atoms with Gasteiger partial charge >= 0.3 is 0 Å². The summed E-state index contributed by atoms with van der Waals surface area (Å²) in [5.74, 6) is 0.535. The SMILES string of the molecule is CCCNC(=O)CCc1nc2ccccc2c(=O)[nH]1. The van der Waals surface area contributed by atoms with Crippen LogP contribution >= 0.6 is 0 Å². The van der Waals surface area contributed by atoms with Gasteiger partial charge in [0.1, 0.15) is 5.82 Å². The van der Waals surface area contributed by atoms with Gasteiger partial charge in [0.05, 0.1) is 10.9 Å². The number of nitrogens with zero attached hydrogens (tertiary/aromatic N) is 1. The zero-order valence-electron chi connectivity index (χ0n) is 10.9. The number of benzene rings is 1. The number of carbonyl (C=O) groups is 1. The van der Waals surface area contributed by atoms with Gasteiger partial charge in [0.25, 0.3) is 5.56 Å². The van der Waals surface area contributed by atoms with E-state index in [-0.39, 0.29) is 11.5 Å². The van der Waals surface area contributed by atoms with Crippen LogP contribution in [0.4, 0.5) is 0 Å². The van der Waals surface area contributed by atoms with Crippen molar-refractivity contribution in [3.63, 3.8) is 0 Å². The van der Waals surface area contributed by atoms with Gasteiger partial charge in [0.15, 0.2) is 0 Å². The first-order valence-electron chi connectivity index (χ1n) is 6.45. The summed E-state index contributed by atoms with van der Waals surface area (Å²) in [6, 6.07) is 7.17. The van der Waals surface area contributed by atoms with E-state index in [4.69, 9.17) is 0 Å². The molecular formula is C14H17N3O2. The van der Waals surface area contributed by atoms with Crippen molar-refractivity contribution in [1.29, 1.82) is 0 Å². The molecule has 2 aromatic rings. The number of amides is 1. The molecule has 19 heavy (non-hydrogen) atoms. The molecule has 0 saturated heterocycles. The molecule has 1 heterocycles. The maximum atomic E-state index is 11.8. The summed E-state index contributed by atoms with van der Waals surface area (Å²) in [6.45, 7) is 2.68. The Kier molecular flexibility index (Phi) is 4.28. The molecule has 0 radical (unpaired) electrons. The number of fused-ring (bicyclic) bond motifs is 1. The van der Waals surface area contributed by atoms with Crippen molar-refractivity contribution < 1.29 is 4.79 Å². The number of para-hydroxylation sites is 1. The molecule has 0 unspecified atom stereocenters. The Balaban J connectivity index is 2.09. The number of nitrogens with one attached hydrogen (secondary N) is 2. The summed E-state index contributed by atoms with van der Waals surface area (Å²) in [6.07, 6.45) is 1.69. The first-order valence-corrected chi connectivity index (χ1v) is 6.45. The van der Waals surface area contributed by atoms with Gasteiger partial charge in [-0.3, -0.25) is 9.59 Å². The lowest BCUT2D eigenvalue weighted by Gasteiger charge is -2.04. The number of aryl methyl sites for hydroxylation is 1. The molecule has 2 N–H and O–H groups in total. The highest BCUT2D eigenvalue weighted by Gasteiger charge is 2.05. The Hall–Kier alpha value is -2.17. The van der Waals surface area contributed by atoms with E-state index in [9.17, 15) is 9.59 Å². The number of rotatable bonds is 5. The molecule has 2 rings (SSSR count). The van der Waals surface area contributed by atoms with Crippen LogP contribution in [-0.4, -0.2) is 22.4 Å². The third-order valence-electron chi connectivity index (χ3n) is 2.82. The monoisotopic (exact) mass is 259 g/mol. The zero-order chi connectivity index (χ0) is 13.7. The van der Waals surface area contributed by atoms with Crippen LogP contribution < -0.4 is 10.9 Å². The Morgan fingerprint density at radius 3 is 2.95 bits per heavy atom. The molecule has 0 aliphatic carbocycles. The van der Waals surface area contributed by atoms with Crippen molar-refractivity contribution in [3.8, 4) is 0 Å². The lowest BCUT2D eigenvalue weighted by atomic mass is 10.2. The molecule has 0 aliphatic rings. The summed E-state index contributed by atoms with van der Waals surface area (Å²) < 4.78 is 0. The van der Waals surface area contributed by atoms with Crippen molar-refractivity contribution in [3.05, 3.63) is 40.4 Å². The predicted octanol–water partition coefficient (Wildman–Crippen LogP) is 1.38. The minimum Gasteiger partial charge on any atom is -0.356 e. The fraction of sp³-hybridized carbons (Fsp3) is 0.357. The number of hydrogen-bond donors (Lipinski definition) is 2. The third kappa shape index (κ3) is 3.40. The molecule has 0 bridgehead atoms. The Bertz CT molecular complexity index is 634. The number of hydrogen-bond acceptors (Lipinski definition) is 3. The number of aromatic nitrogens is 2. The fourth-order valence-electron chi connectivity index (χ4n) is 1.84. The Morgan fingerprint density at radius 2 is 2.16 bits per heavy atom. The average molecular weight is 259 g/mol. The summed E-state index contributed by atoms with van der Waals surface area (Å²) in [5, 5.41) is 3.37. The smallest absolute Gasteiger partial charge is 0.258 e. The largest absolute Gasteiger partial charge is 0.356 e. The quantitative estimate of drug-likeness (QED) is 0.851. The van der Waals surface area contributed by atoms with Crippen LogP contribution in [0.15, 0.2) is 29.1 Å². The molecule has 0 fully saturated rings. The van der Waals surface area contributed by atoms with E-state index in [0.717, 1.165) is 6.42 Å². The van der Waals surface area contributed by atoms with Crippen molar-refractivity contribution >= 4 is 16.8 Å². The van der Waals surface area contributed by atoms with Gasteiger partial charge in [-0.05, 0) is 18.6 Å². The van der Waals surface area contributed by atoms with Gasteiger partial charge in [-0.25, -0.2) is 4.98 Å². The van der Waals surface area contributed by atoms with Crippen molar-refractivity contribution in [1.82, 2.24) is 15.3 Å². The molecule has 100 valence electrons. The van der Waals surface area contributed by atoms with Gasteiger partial charge in [-0.1, -0.05) is 19.1 Å². The molecule has 0 atom stereocenters. The lowest BCUT2D eigenvalue weighted by Crippen LogP contribution is -2.24. The van der Waals surface area contributed by atoms with E-state index in [1.54, 1.807) is 18.2 Å². The number of H-pyrrole nitrogens is 1. The van der Waals surface area contributed by atoms with E-state index >= 15 is 0 Å². The van der Waals surface area contributed by atoms with Crippen LogP contribution in [0.25, 0.3) is 10.9 Å². The summed E-state index contributed by atoms with van der Waals surface area (Å²) in [7, 11) is 0. The van der Waals surface area contributed by atoms with E-state index in [0.29, 0.717) is 36.1 Å². The highest BCUT2D eigenvalue weighted by molar-refractivity contribution is 5.77. The Labute approximate surface area is 111 Å². The van der Waals surface area contributed by atoms with Crippen LogP contribution in [0.3, 0.4) is 0 Å². The van der Waals surface area contributed by atoms with Gasteiger partial charge in [0, 0.05) is 19.4 Å². The van der Waals surface area contributed by atoms with Crippen LogP contribution in [0.2, 0.25) is 0 Å². The van der Waals surface area contributed by atoms with Crippen LogP contribution in [0.5, 0.6) is 0 Å². The van der Waals surface area contributed by atoms with Crippen LogP contribution in [0.1, 0.15) is 25.6 Å². The standard InChI is InChI=1S/C14H17N3O2/c1-2-9-15-13(18)8-7-12-16-11-6-4-3-5-10(11)14(19)17-12/h3-6H,2,7-9H2,1H3,(H,15,18)(H,16,17,19). The normalized spacial score (nSPS) is 10.6. The molecular weight excluding hydrogens is 242 g/mol. The van der Waals surface area contributed by atoms with E-state index in [1.807, 2.05) is 13.0 Å². The Morgan fingerprint density at radius 1 is 1.37 bits per heavy atom. The highest BCUT2D eigenvalue weighted by Crippen LogP contribution is 2.06. The minimum absolute atomic E-state index is 0.0161. The second-order valence-electron chi connectivity index (χ2n) is 4.38. The van der Waals surface area contributed by atoms with Crippen molar-refractivity contribution in [2.75, 3.05) is 6.54 Å². The molecule has 1 aromatic carbocycles. The first-order chi connectivity index (χ1) is 9.20. The van der Waals surface area contributed by atoms with Gasteiger partial charge < -0.3 is 10.3 Å². The van der Waals surface area contributed by atoms with Gasteiger partial charge in [-0.15, -0.1) is 0 Å². The van der Waals surface area contributed by atoms with Gasteiger partial charge in [0.2, 0.25) is 5.91 Å². The molecule has 1 amide bonds. The van der Waals surface area contributed by atoms with E-state index in [1.165, 1.54) is 0 Å². The summed E-state index contributed by atoms with van der Waals surface area (Å²) >= 11 is 0. The maximum Gasteiger partial charge on any atom is 0.258 e.